The van der Waals surface area contributed by atoms with Crippen molar-refractivity contribution in [2.75, 3.05) is 24.4 Å². The molecule has 0 saturated heterocycles. The SMILES string of the molecule is COc1ccc(Cl)cc1NC(=O)COC(=O)CCC(=O)Nc1cccc2ccccc12. The van der Waals surface area contributed by atoms with Gasteiger partial charge in [0.05, 0.1) is 19.2 Å². The maximum Gasteiger partial charge on any atom is 0.306 e. The average Bonchev–Trinajstić information content (AvgIpc) is 2.77. The molecule has 7 nitrogen and oxygen atoms in total. The molecule has 3 aromatic carbocycles. The molecule has 0 aliphatic heterocycles. The molecule has 0 unspecified atom stereocenters. The van der Waals surface area contributed by atoms with Gasteiger partial charge in [0, 0.05) is 22.5 Å². The lowest BCUT2D eigenvalue weighted by Crippen LogP contribution is -2.22. The quantitative estimate of drug-likeness (QED) is 0.506. The Morgan fingerprint density at radius 1 is 0.871 bits per heavy atom. The lowest BCUT2D eigenvalue weighted by atomic mass is 10.1. The zero-order chi connectivity index (χ0) is 22.2. The normalized spacial score (nSPS) is 10.4. The van der Waals surface area contributed by atoms with Crippen molar-refractivity contribution in [2.45, 2.75) is 12.8 Å². The van der Waals surface area contributed by atoms with E-state index < -0.39 is 18.5 Å². The number of halogens is 1. The average molecular weight is 441 g/mol. The molecule has 0 aliphatic rings. The minimum Gasteiger partial charge on any atom is -0.495 e. The molecule has 160 valence electrons. The van der Waals surface area contributed by atoms with Gasteiger partial charge in [-0.3, -0.25) is 14.4 Å². The van der Waals surface area contributed by atoms with Crippen molar-refractivity contribution in [3.63, 3.8) is 0 Å². The lowest BCUT2D eigenvalue weighted by molar-refractivity contribution is -0.147. The lowest BCUT2D eigenvalue weighted by Gasteiger charge is -2.11. The summed E-state index contributed by atoms with van der Waals surface area (Å²) in [5, 5.41) is 7.71. The van der Waals surface area contributed by atoms with E-state index in [1.807, 2.05) is 36.4 Å². The fourth-order valence-electron chi connectivity index (χ4n) is 2.95. The van der Waals surface area contributed by atoms with Crippen molar-refractivity contribution in [1.82, 2.24) is 0 Å². The number of nitrogens with one attached hydrogen (secondary N) is 2. The minimum atomic E-state index is -0.652. The molecule has 0 saturated carbocycles. The minimum absolute atomic E-state index is 0.0637. The molecule has 0 radical (unpaired) electrons. The molecular formula is C23H21ClN2O5. The van der Waals surface area contributed by atoms with Crippen LogP contribution in [0.15, 0.2) is 60.7 Å². The molecule has 3 rings (SSSR count). The molecule has 0 heterocycles. The molecule has 8 heteroatoms. The second-order valence-electron chi connectivity index (χ2n) is 6.63. The fourth-order valence-corrected chi connectivity index (χ4v) is 3.12. The molecule has 31 heavy (non-hydrogen) atoms. The van der Waals surface area contributed by atoms with E-state index in [2.05, 4.69) is 10.6 Å². The highest BCUT2D eigenvalue weighted by Crippen LogP contribution is 2.27. The van der Waals surface area contributed by atoms with Crippen LogP contribution in [0.3, 0.4) is 0 Å². The molecular weight excluding hydrogens is 420 g/mol. The number of fused-ring (bicyclic) bond motifs is 1. The van der Waals surface area contributed by atoms with Crippen LogP contribution in [0.4, 0.5) is 11.4 Å². The van der Waals surface area contributed by atoms with Gasteiger partial charge in [0.2, 0.25) is 5.91 Å². The Morgan fingerprint density at radius 3 is 2.42 bits per heavy atom. The summed E-state index contributed by atoms with van der Waals surface area (Å²) in [5.41, 5.74) is 1.04. The van der Waals surface area contributed by atoms with Crippen LogP contribution < -0.4 is 15.4 Å². The molecule has 0 spiro atoms. The van der Waals surface area contributed by atoms with E-state index in [0.29, 0.717) is 22.1 Å². The Balaban J connectivity index is 1.45. The number of benzene rings is 3. The summed E-state index contributed by atoms with van der Waals surface area (Å²) in [6.07, 6.45) is -0.212. The molecule has 0 bridgehead atoms. The highest BCUT2D eigenvalue weighted by molar-refractivity contribution is 6.31. The van der Waals surface area contributed by atoms with Crippen LogP contribution in [-0.2, 0) is 19.1 Å². The van der Waals surface area contributed by atoms with Gasteiger partial charge in [-0.2, -0.15) is 0 Å². The first-order chi connectivity index (χ1) is 15.0. The largest absolute Gasteiger partial charge is 0.495 e. The van der Waals surface area contributed by atoms with Crippen molar-refractivity contribution in [3.8, 4) is 5.75 Å². The first-order valence-corrected chi connectivity index (χ1v) is 9.90. The van der Waals surface area contributed by atoms with Gasteiger partial charge in [-0.25, -0.2) is 0 Å². The van der Waals surface area contributed by atoms with Gasteiger partial charge in [0.1, 0.15) is 5.75 Å². The predicted octanol–water partition coefficient (Wildman–Crippen LogP) is 4.40. The number of carbonyl (C=O) groups is 3. The third-order valence-electron chi connectivity index (χ3n) is 4.42. The van der Waals surface area contributed by atoms with Gasteiger partial charge in [-0.1, -0.05) is 48.0 Å². The Morgan fingerprint density at radius 2 is 1.61 bits per heavy atom. The van der Waals surface area contributed by atoms with E-state index >= 15 is 0 Å². The standard InChI is InChI=1S/C23H21ClN2O5/c1-30-20-10-9-16(24)13-19(20)26-22(28)14-31-23(29)12-11-21(27)25-18-8-4-6-15-5-2-3-7-17(15)18/h2-10,13H,11-12,14H2,1H3,(H,25,27)(H,26,28). The third-order valence-corrected chi connectivity index (χ3v) is 4.65. The van der Waals surface area contributed by atoms with Crippen molar-refractivity contribution in [2.24, 2.45) is 0 Å². The first kappa shape index (κ1) is 22.1. The maximum atomic E-state index is 12.2. The number of ether oxygens (including phenoxy) is 2. The summed E-state index contributed by atoms with van der Waals surface area (Å²) >= 11 is 5.92. The second-order valence-corrected chi connectivity index (χ2v) is 7.06. The van der Waals surface area contributed by atoms with Crippen LogP contribution in [0, 0.1) is 0 Å². The van der Waals surface area contributed by atoms with Gasteiger partial charge in [0.15, 0.2) is 6.61 Å². The molecule has 3 aromatic rings. The topological polar surface area (TPSA) is 93.7 Å². The van der Waals surface area contributed by atoms with E-state index in [0.717, 1.165) is 10.8 Å². The van der Waals surface area contributed by atoms with Gasteiger partial charge >= 0.3 is 5.97 Å². The Hall–Kier alpha value is -3.58. The van der Waals surface area contributed by atoms with E-state index in [-0.39, 0.29) is 18.7 Å². The monoisotopic (exact) mass is 440 g/mol. The molecule has 0 atom stereocenters. The number of amides is 2. The predicted molar refractivity (Wildman–Crippen MR) is 119 cm³/mol. The number of methoxy groups -OCH3 is 1. The molecule has 0 aromatic heterocycles. The molecule has 2 amide bonds. The summed E-state index contributed by atoms with van der Waals surface area (Å²) in [6, 6.07) is 18.0. The summed E-state index contributed by atoms with van der Waals surface area (Å²) in [4.78, 5) is 36.2. The number of hydrogen-bond acceptors (Lipinski definition) is 5. The number of carbonyl (C=O) groups excluding carboxylic acids is 3. The van der Waals surface area contributed by atoms with Gasteiger partial charge in [0.25, 0.3) is 5.91 Å². The van der Waals surface area contributed by atoms with Crippen LogP contribution in [0.25, 0.3) is 10.8 Å². The van der Waals surface area contributed by atoms with Gasteiger partial charge < -0.3 is 20.1 Å². The van der Waals surface area contributed by atoms with E-state index in [1.165, 1.54) is 13.2 Å². The molecule has 0 fully saturated rings. The van der Waals surface area contributed by atoms with Crippen LogP contribution >= 0.6 is 11.6 Å². The second kappa shape index (κ2) is 10.4. The van der Waals surface area contributed by atoms with Crippen LogP contribution in [0.1, 0.15) is 12.8 Å². The highest BCUT2D eigenvalue weighted by atomic mass is 35.5. The van der Waals surface area contributed by atoms with Crippen LogP contribution in [-0.4, -0.2) is 31.5 Å². The molecule has 0 aliphatic carbocycles. The first-order valence-electron chi connectivity index (χ1n) is 9.53. The number of hydrogen-bond donors (Lipinski definition) is 2. The fraction of sp³-hybridized carbons (Fsp3) is 0.174. The Bertz CT molecular complexity index is 1110. The van der Waals surface area contributed by atoms with Gasteiger partial charge in [-0.15, -0.1) is 0 Å². The maximum absolute atomic E-state index is 12.2. The summed E-state index contributed by atoms with van der Waals surface area (Å²) < 4.78 is 10.1. The van der Waals surface area contributed by atoms with Crippen molar-refractivity contribution in [3.05, 3.63) is 65.7 Å². The summed E-state index contributed by atoms with van der Waals surface area (Å²) in [6.45, 7) is -0.487. The Kier molecular flexibility index (Phi) is 7.45. The smallest absolute Gasteiger partial charge is 0.306 e. The van der Waals surface area contributed by atoms with Crippen molar-refractivity contribution in [1.29, 1.82) is 0 Å². The Labute approximate surface area is 184 Å². The zero-order valence-corrected chi connectivity index (χ0v) is 17.6. The van der Waals surface area contributed by atoms with Crippen LogP contribution in [0.2, 0.25) is 5.02 Å². The van der Waals surface area contributed by atoms with Crippen molar-refractivity contribution >= 4 is 51.5 Å². The summed E-state index contributed by atoms with van der Waals surface area (Å²) in [7, 11) is 1.46. The number of esters is 1. The molecule has 2 N–H and O–H groups in total. The number of anilines is 2. The third kappa shape index (κ3) is 6.20. The van der Waals surface area contributed by atoms with Crippen molar-refractivity contribution < 1.29 is 23.9 Å². The van der Waals surface area contributed by atoms with Gasteiger partial charge in [-0.05, 0) is 29.7 Å². The zero-order valence-electron chi connectivity index (χ0n) is 16.8. The van der Waals surface area contributed by atoms with E-state index in [1.54, 1.807) is 18.2 Å². The highest BCUT2D eigenvalue weighted by Gasteiger charge is 2.13. The van der Waals surface area contributed by atoms with Crippen LogP contribution in [0.5, 0.6) is 5.75 Å². The summed E-state index contributed by atoms with van der Waals surface area (Å²) in [5.74, 6) is -1.09. The van der Waals surface area contributed by atoms with E-state index in [4.69, 9.17) is 21.1 Å². The van der Waals surface area contributed by atoms with E-state index in [9.17, 15) is 14.4 Å². The number of rotatable bonds is 8.